The summed E-state index contributed by atoms with van der Waals surface area (Å²) in [4.78, 5) is 25.1. The molecule has 0 radical (unpaired) electrons. The van der Waals surface area contributed by atoms with Crippen LogP contribution < -0.4 is 5.32 Å². The van der Waals surface area contributed by atoms with Crippen LogP contribution in [0.25, 0.3) is 0 Å². The second kappa shape index (κ2) is 7.23. The Balaban J connectivity index is 2.65. The van der Waals surface area contributed by atoms with Crippen molar-refractivity contribution in [3.05, 3.63) is 34.1 Å². The summed E-state index contributed by atoms with van der Waals surface area (Å²) >= 11 is 3.17. The van der Waals surface area contributed by atoms with Gasteiger partial charge in [-0.15, -0.1) is 0 Å². The van der Waals surface area contributed by atoms with Gasteiger partial charge in [0.2, 0.25) is 5.91 Å². The Kier molecular flexibility index (Phi) is 5.95. The predicted molar refractivity (Wildman–Crippen MR) is 74.4 cm³/mol. The van der Waals surface area contributed by atoms with E-state index in [0.717, 1.165) is 0 Å². The van der Waals surface area contributed by atoms with Gasteiger partial charge in [0.1, 0.15) is 5.82 Å². The maximum atomic E-state index is 13.5. The molecule has 0 bridgehead atoms. The Morgan fingerprint density at radius 3 is 2.53 bits per heavy atom. The summed E-state index contributed by atoms with van der Waals surface area (Å²) < 4.78 is 14.1. The van der Waals surface area contributed by atoms with Gasteiger partial charge in [-0.25, -0.2) is 4.39 Å². The molecule has 19 heavy (non-hydrogen) atoms. The lowest BCUT2D eigenvalue weighted by atomic mass is 10.2. The van der Waals surface area contributed by atoms with Crippen LogP contribution >= 0.6 is 15.9 Å². The van der Waals surface area contributed by atoms with E-state index in [1.54, 1.807) is 4.90 Å². The molecule has 0 spiro atoms. The van der Waals surface area contributed by atoms with Crippen LogP contribution in [0.4, 0.5) is 4.39 Å². The molecule has 4 nitrogen and oxygen atoms in total. The van der Waals surface area contributed by atoms with Crippen molar-refractivity contribution in [3.8, 4) is 0 Å². The molecule has 1 aromatic rings. The Morgan fingerprint density at radius 1 is 1.32 bits per heavy atom. The zero-order valence-electron chi connectivity index (χ0n) is 10.9. The highest BCUT2D eigenvalue weighted by Crippen LogP contribution is 2.15. The summed E-state index contributed by atoms with van der Waals surface area (Å²) in [5.41, 5.74) is -0.0817. The van der Waals surface area contributed by atoms with Crippen LogP contribution in [0.5, 0.6) is 0 Å². The summed E-state index contributed by atoms with van der Waals surface area (Å²) in [6.45, 7) is 4.74. The Morgan fingerprint density at radius 2 is 1.95 bits per heavy atom. The minimum atomic E-state index is -0.615. The van der Waals surface area contributed by atoms with E-state index in [-0.39, 0.29) is 18.0 Å². The molecule has 6 heteroatoms. The lowest BCUT2D eigenvalue weighted by molar-refractivity contribution is -0.129. The van der Waals surface area contributed by atoms with Crippen molar-refractivity contribution in [2.45, 2.75) is 13.8 Å². The quantitative estimate of drug-likeness (QED) is 0.899. The number of halogens is 2. The van der Waals surface area contributed by atoms with E-state index < -0.39 is 11.7 Å². The van der Waals surface area contributed by atoms with Crippen LogP contribution in [-0.2, 0) is 4.79 Å². The van der Waals surface area contributed by atoms with Gasteiger partial charge in [-0.05, 0) is 32.0 Å². The van der Waals surface area contributed by atoms with Crippen molar-refractivity contribution in [2.75, 3.05) is 19.6 Å². The van der Waals surface area contributed by atoms with Crippen molar-refractivity contribution in [2.24, 2.45) is 0 Å². The van der Waals surface area contributed by atoms with Crippen molar-refractivity contribution in [3.63, 3.8) is 0 Å². The molecular weight excluding hydrogens is 315 g/mol. The van der Waals surface area contributed by atoms with Crippen LogP contribution in [-0.4, -0.2) is 36.3 Å². The molecule has 104 valence electrons. The van der Waals surface area contributed by atoms with Gasteiger partial charge in [0, 0.05) is 17.6 Å². The van der Waals surface area contributed by atoms with Crippen LogP contribution in [0, 0.1) is 5.82 Å². The third-order valence-electron chi connectivity index (χ3n) is 2.69. The van der Waals surface area contributed by atoms with E-state index in [4.69, 9.17) is 0 Å². The van der Waals surface area contributed by atoms with Crippen molar-refractivity contribution in [1.82, 2.24) is 10.2 Å². The molecule has 0 fully saturated rings. The number of benzene rings is 1. The lowest BCUT2D eigenvalue weighted by Gasteiger charge is -2.18. The number of hydrogen-bond acceptors (Lipinski definition) is 2. The first kappa shape index (κ1) is 15.6. The summed E-state index contributed by atoms with van der Waals surface area (Å²) in [6, 6.07) is 4.09. The van der Waals surface area contributed by atoms with Crippen molar-refractivity contribution >= 4 is 27.7 Å². The summed E-state index contributed by atoms with van der Waals surface area (Å²) in [7, 11) is 0. The molecule has 1 aromatic carbocycles. The molecule has 0 unspecified atom stereocenters. The molecule has 0 aromatic heterocycles. The monoisotopic (exact) mass is 330 g/mol. The average Bonchev–Trinajstić information content (AvgIpc) is 2.40. The van der Waals surface area contributed by atoms with Gasteiger partial charge < -0.3 is 10.2 Å². The molecule has 0 aliphatic heterocycles. The Bertz CT molecular complexity index is 476. The van der Waals surface area contributed by atoms with E-state index in [0.29, 0.717) is 17.6 Å². The maximum absolute atomic E-state index is 13.5. The third-order valence-corrected chi connectivity index (χ3v) is 3.18. The minimum absolute atomic E-state index is 0.0817. The summed E-state index contributed by atoms with van der Waals surface area (Å²) in [5.74, 6) is -1.40. The fraction of sp³-hybridized carbons (Fsp3) is 0.385. The predicted octanol–water partition coefficient (Wildman–Crippen LogP) is 2.19. The van der Waals surface area contributed by atoms with Gasteiger partial charge in [-0.2, -0.15) is 0 Å². The molecule has 0 heterocycles. The molecule has 0 saturated carbocycles. The molecule has 0 saturated heterocycles. The van der Waals surface area contributed by atoms with E-state index in [9.17, 15) is 14.0 Å². The highest BCUT2D eigenvalue weighted by atomic mass is 79.9. The Labute approximate surface area is 120 Å². The number of hydrogen-bond donors (Lipinski definition) is 1. The highest BCUT2D eigenvalue weighted by Gasteiger charge is 2.15. The molecule has 1 rings (SSSR count). The molecule has 0 aliphatic rings. The number of amides is 2. The van der Waals surface area contributed by atoms with Gasteiger partial charge in [-0.3, -0.25) is 9.59 Å². The fourth-order valence-corrected chi connectivity index (χ4v) is 1.97. The molecular formula is C13H16BrFN2O2. The number of nitrogens with one attached hydrogen (secondary N) is 1. The highest BCUT2D eigenvalue weighted by molar-refractivity contribution is 9.10. The summed E-state index contributed by atoms with van der Waals surface area (Å²) in [5, 5.41) is 2.42. The van der Waals surface area contributed by atoms with Crippen molar-refractivity contribution < 1.29 is 14.0 Å². The van der Waals surface area contributed by atoms with Crippen molar-refractivity contribution in [1.29, 1.82) is 0 Å². The number of rotatable bonds is 5. The first-order valence-corrected chi connectivity index (χ1v) is 6.79. The SMILES string of the molecule is CCN(CC)C(=O)CNC(=O)c1cc(Br)ccc1F. The smallest absolute Gasteiger partial charge is 0.254 e. The summed E-state index contributed by atoms with van der Waals surface area (Å²) in [6.07, 6.45) is 0. The van der Waals surface area contributed by atoms with Gasteiger partial charge in [-0.1, -0.05) is 15.9 Å². The first-order chi connectivity index (χ1) is 8.99. The minimum Gasteiger partial charge on any atom is -0.343 e. The average molecular weight is 331 g/mol. The third kappa shape index (κ3) is 4.31. The van der Waals surface area contributed by atoms with Crippen LogP contribution in [0.1, 0.15) is 24.2 Å². The number of carbonyl (C=O) groups excluding carboxylic acids is 2. The molecule has 0 aliphatic carbocycles. The number of likely N-dealkylation sites (N-methyl/N-ethyl adjacent to an activating group) is 1. The van der Waals surface area contributed by atoms with Gasteiger partial charge >= 0.3 is 0 Å². The second-order valence-corrected chi connectivity index (χ2v) is 4.79. The lowest BCUT2D eigenvalue weighted by Crippen LogP contribution is -2.40. The van der Waals surface area contributed by atoms with Gasteiger partial charge in [0.15, 0.2) is 0 Å². The zero-order valence-corrected chi connectivity index (χ0v) is 12.5. The topological polar surface area (TPSA) is 49.4 Å². The first-order valence-electron chi connectivity index (χ1n) is 6.00. The standard InChI is InChI=1S/C13H16BrFN2O2/c1-3-17(4-2)12(18)8-16-13(19)10-7-9(14)5-6-11(10)15/h5-7H,3-4,8H2,1-2H3,(H,16,19). The van der Waals surface area contributed by atoms with E-state index in [1.807, 2.05) is 13.8 Å². The number of nitrogens with zero attached hydrogens (tertiary/aromatic N) is 1. The fourth-order valence-electron chi connectivity index (χ4n) is 1.61. The van der Waals surface area contributed by atoms with E-state index >= 15 is 0 Å². The molecule has 0 atom stereocenters. The van der Waals surface area contributed by atoms with E-state index in [1.165, 1.54) is 18.2 Å². The zero-order chi connectivity index (χ0) is 14.4. The Hall–Kier alpha value is -1.43. The van der Waals surface area contributed by atoms with Gasteiger partial charge in [0.05, 0.1) is 12.1 Å². The molecule has 1 N–H and O–H groups in total. The van der Waals surface area contributed by atoms with Crippen LogP contribution in [0.3, 0.4) is 0 Å². The second-order valence-electron chi connectivity index (χ2n) is 3.87. The largest absolute Gasteiger partial charge is 0.343 e. The van der Waals surface area contributed by atoms with Crippen LogP contribution in [0.2, 0.25) is 0 Å². The molecule has 2 amide bonds. The van der Waals surface area contributed by atoms with Crippen LogP contribution in [0.15, 0.2) is 22.7 Å². The van der Waals surface area contributed by atoms with Gasteiger partial charge in [0.25, 0.3) is 5.91 Å². The maximum Gasteiger partial charge on any atom is 0.254 e. The number of carbonyl (C=O) groups is 2. The van der Waals surface area contributed by atoms with E-state index in [2.05, 4.69) is 21.2 Å². The normalized spacial score (nSPS) is 10.1.